The van der Waals surface area contributed by atoms with Gasteiger partial charge in [0.05, 0.1) is 21.5 Å². The standard InChI is InChI=1S/C22H26F3N4O2PS/c1-13-17(33-12-27-13)15-6-4-14(5-7-15)11-26-19(30)16-3-2-10-29(16)20(31)18(28-32)21(8-9-21)22(23,24)25/h4-7,12,16,18,28H,2-3,8-11,32H2,1H3,(H,26,30). The molecular weight excluding hydrogens is 472 g/mol. The summed E-state index contributed by atoms with van der Waals surface area (Å²) >= 11 is 1.56. The molecule has 1 saturated heterocycles. The number of rotatable bonds is 7. The van der Waals surface area contributed by atoms with E-state index >= 15 is 0 Å². The molecule has 2 heterocycles. The van der Waals surface area contributed by atoms with Crippen molar-refractivity contribution in [1.29, 1.82) is 0 Å². The van der Waals surface area contributed by atoms with Crippen LogP contribution < -0.4 is 10.4 Å². The second-order valence-electron chi connectivity index (χ2n) is 8.62. The van der Waals surface area contributed by atoms with E-state index in [0.717, 1.165) is 21.7 Å². The zero-order valence-electron chi connectivity index (χ0n) is 18.1. The predicted octanol–water partition coefficient (Wildman–Crippen LogP) is 3.82. The number of amides is 2. The number of carbonyl (C=O) groups is 2. The monoisotopic (exact) mass is 498 g/mol. The molecule has 4 rings (SSSR count). The quantitative estimate of drug-likeness (QED) is 0.570. The summed E-state index contributed by atoms with van der Waals surface area (Å²) < 4.78 is 40.7. The van der Waals surface area contributed by atoms with Crippen molar-refractivity contribution >= 4 is 32.5 Å². The number of carbonyl (C=O) groups excluding carboxylic acids is 2. The first-order valence-electron chi connectivity index (χ1n) is 10.8. The number of hydrogen-bond donors (Lipinski definition) is 2. The van der Waals surface area contributed by atoms with Crippen molar-refractivity contribution in [3.05, 3.63) is 41.0 Å². The lowest BCUT2D eigenvalue weighted by molar-refractivity contribution is -0.198. The Balaban J connectivity index is 1.39. The minimum atomic E-state index is -4.47. The first-order chi connectivity index (χ1) is 15.7. The molecule has 0 spiro atoms. The normalized spacial score (nSPS) is 20.5. The fraction of sp³-hybridized carbons (Fsp3) is 0.500. The molecule has 1 aliphatic carbocycles. The highest BCUT2D eigenvalue weighted by Crippen LogP contribution is 2.60. The zero-order chi connectivity index (χ0) is 23.8. The molecule has 2 aromatic rings. The summed E-state index contributed by atoms with van der Waals surface area (Å²) in [4.78, 5) is 32.5. The van der Waals surface area contributed by atoms with Crippen LogP contribution in [0.3, 0.4) is 0 Å². The van der Waals surface area contributed by atoms with Crippen molar-refractivity contribution in [3.8, 4) is 10.4 Å². The number of alkyl halides is 3. The number of halogens is 3. The van der Waals surface area contributed by atoms with Gasteiger partial charge in [0, 0.05) is 13.1 Å². The summed E-state index contributed by atoms with van der Waals surface area (Å²) in [6.07, 6.45) is -3.64. The molecule has 33 heavy (non-hydrogen) atoms. The van der Waals surface area contributed by atoms with Crippen molar-refractivity contribution in [2.75, 3.05) is 6.54 Å². The largest absolute Gasteiger partial charge is 0.396 e. The first-order valence-corrected chi connectivity index (χ1v) is 12.2. The van der Waals surface area contributed by atoms with Crippen LogP contribution in [0.5, 0.6) is 0 Å². The zero-order valence-corrected chi connectivity index (χ0v) is 20.1. The van der Waals surface area contributed by atoms with Gasteiger partial charge >= 0.3 is 6.18 Å². The smallest absolute Gasteiger partial charge is 0.350 e. The lowest BCUT2D eigenvalue weighted by atomic mass is 9.94. The Labute approximate surface area is 196 Å². The lowest BCUT2D eigenvalue weighted by Gasteiger charge is -2.33. The van der Waals surface area contributed by atoms with Crippen LogP contribution >= 0.6 is 20.7 Å². The summed E-state index contributed by atoms with van der Waals surface area (Å²) in [5.74, 6) is -1.01. The van der Waals surface area contributed by atoms with E-state index in [1.54, 1.807) is 16.8 Å². The van der Waals surface area contributed by atoms with E-state index in [2.05, 4.69) is 15.4 Å². The minimum absolute atomic E-state index is 0.0872. The number of thiazole rings is 1. The van der Waals surface area contributed by atoms with E-state index in [-0.39, 0.29) is 31.8 Å². The van der Waals surface area contributed by atoms with E-state index in [1.807, 2.05) is 40.6 Å². The van der Waals surface area contributed by atoms with Gasteiger partial charge in [-0.15, -0.1) is 11.3 Å². The van der Waals surface area contributed by atoms with Gasteiger partial charge in [-0.2, -0.15) is 13.2 Å². The molecule has 1 aromatic heterocycles. The van der Waals surface area contributed by atoms with Crippen molar-refractivity contribution in [3.63, 3.8) is 0 Å². The molecule has 3 unspecified atom stereocenters. The Morgan fingerprint density at radius 3 is 2.55 bits per heavy atom. The summed E-state index contributed by atoms with van der Waals surface area (Å²) in [7, 11) is 2.04. The van der Waals surface area contributed by atoms with Crippen molar-refractivity contribution in [2.45, 2.75) is 57.4 Å². The van der Waals surface area contributed by atoms with Crippen molar-refractivity contribution in [2.24, 2.45) is 5.41 Å². The Hall–Kier alpha value is -2.03. The van der Waals surface area contributed by atoms with E-state index < -0.39 is 29.6 Å². The minimum Gasteiger partial charge on any atom is -0.350 e. The van der Waals surface area contributed by atoms with Gasteiger partial charge in [-0.3, -0.25) is 14.7 Å². The molecule has 0 bridgehead atoms. The molecule has 2 N–H and O–H groups in total. The summed E-state index contributed by atoms with van der Waals surface area (Å²) in [6, 6.07) is 5.60. The van der Waals surface area contributed by atoms with Crippen LogP contribution in [0.4, 0.5) is 13.2 Å². The Morgan fingerprint density at radius 2 is 2.00 bits per heavy atom. The molecule has 1 saturated carbocycles. The number of nitrogens with one attached hydrogen (secondary N) is 2. The maximum absolute atomic E-state index is 13.6. The molecule has 2 fully saturated rings. The Morgan fingerprint density at radius 1 is 1.30 bits per heavy atom. The maximum Gasteiger partial charge on any atom is 0.396 e. The van der Waals surface area contributed by atoms with Crippen LogP contribution in [0.25, 0.3) is 10.4 Å². The maximum atomic E-state index is 13.6. The van der Waals surface area contributed by atoms with Gasteiger partial charge in [0.15, 0.2) is 0 Å². The third-order valence-corrected chi connectivity index (χ3v) is 7.90. The van der Waals surface area contributed by atoms with Crippen LogP contribution in [0.2, 0.25) is 0 Å². The summed E-state index contributed by atoms with van der Waals surface area (Å²) in [6.45, 7) is 2.50. The van der Waals surface area contributed by atoms with Gasteiger partial charge in [-0.25, -0.2) is 4.98 Å². The van der Waals surface area contributed by atoms with Gasteiger partial charge in [0.1, 0.15) is 12.1 Å². The van der Waals surface area contributed by atoms with Gasteiger partial charge in [0.2, 0.25) is 11.8 Å². The van der Waals surface area contributed by atoms with Crippen LogP contribution in [0, 0.1) is 12.3 Å². The average molecular weight is 499 g/mol. The van der Waals surface area contributed by atoms with Gasteiger partial charge < -0.3 is 10.2 Å². The molecule has 1 aromatic carbocycles. The Kier molecular flexibility index (Phi) is 6.80. The van der Waals surface area contributed by atoms with E-state index in [4.69, 9.17) is 0 Å². The second-order valence-corrected chi connectivity index (χ2v) is 9.81. The molecule has 2 aliphatic rings. The number of aryl methyl sites for hydroxylation is 1. The fourth-order valence-electron chi connectivity index (χ4n) is 4.47. The van der Waals surface area contributed by atoms with Crippen LogP contribution in [-0.2, 0) is 16.1 Å². The molecule has 0 radical (unpaired) electrons. The molecule has 1 aliphatic heterocycles. The van der Waals surface area contributed by atoms with Crippen LogP contribution in [0.1, 0.15) is 36.9 Å². The average Bonchev–Trinajstić information content (AvgIpc) is 3.25. The predicted molar refractivity (Wildman–Crippen MR) is 123 cm³/mol. The SMILES string of the molecule is Cc1ncsc1-c1ccc(CNC(=O)C2CCCN2C(=O)C(NP)C2(C(F)(F)F)CC2)cc1. The van der Waals surface area contributed by atoms with Crippen molar-refractivity contribution < 1.29 is 22.8 Å². The highest BCUT2D eigenvalue weighted by atomic mass is 32.1. The second kappa shape index (κ2) is 9.31. The third kappa shape index (κ3) is 4.66. The number of likely N-dealkylation sites (tertiary alicyclic amines) is 1. The first kappa shape index (κ1) is 24.1. The molecule has 3 atom stereocenters. The Bertz CT molecular complexity index is 1020. The molecule has 11 heteroatoms. The van der Waals surface area contributed by atoms with E-state index in [1.165, 1.54) is 4.90 Å². The highest BCUT2D eigenvalue weighted by Gasteiger charge is 2.69. The van der Waals surface area contributed by atoms with E-state index in [9.17, 15) is 22.8 Å². The fourth-order valence-corrected chi connectivity index (χ4v) is 5.74. The number of aromatic nitrogens is 1. The van der Waals surface area contributed by atoms with Crippen molar-refractivity contribution in [1.82, 2.24) is 20.3 Å². The van der Waals surface area contributed by atoms with E-state index in [0.29, 0.717) is 12.8 Å². The molecular formula is C22H26F3N4O2PS. The number of benzene rings is 1. The molecule has 2 amide bonds. The molecule has 178 valence electrons. The van der Waals surface area contributed by atoms with Gasteiger partial charge in [-0.1, -0.05) is 33.7 Å². The van der Waals surface area contributed by atoms with Crippen LogP contribution in [-0.4, -0.2) is 46.5 Å². The molecule has 6 nitrogen and oxygen atoms in total. The topological polar surface area (TPSA) is 74.3 Å². The van der Waals surface area contributed by atoms with Crippen LogP contribution in [0.15, 0.2) is 29.8 Å². The number of nitrogens with zero attached hydrogens (tertiary/aromatic N) is 2. The lowest BCUT2D eigenvalue weighted by Crippen LogP contribution is -2.56. The summed E-state index contributed by atoms with van der Waals surface area (Å²) in [5.41, 5.74) is 2.65. The highest BCUT2D eigenvalue weighted by molar-refractivity contribution is 7.13. The summed E-state index contributed by atoms with van der Waals surface area (Å²) in [5, 5.41) is 5.34. The number of hydrogen-bond acceptors (Lipinski definition) is 5. The third-order valence-electron chi connectivity index (χ3n) is 6.59. The van der Waals surface area contributed by atoms with Gasteiger partial charge in [-0.05, 0) is 43.7 Å². The van der Waals surface area contributed by atoms with Gasteiger partial charge in [0.25, 0.3) is 0 Å².